The van der Waals surface area contributed by atoms with Gasteiger partial charge in [0.15, 0.2) is 5.78 Å². The normalized spacial score (nSPS) is 29.8. The van der Waals surface area contributed by atoms with E-state index in [0.29, 0.717) is 18.3 Å². The zero-order valence-electron chi connectivity index (χ0n) is 7.84. The molecule has 0 aromatic heterocycles. The maximum absolute atomic E-state index is 11.1. The molecule has 0 N–H and O–H groups in total. The molecule has 0 amide bonds. The van der Waals surface area contributed by atoms with Crippen LogP contribution < -0.4 is 0 Å². The molecule has 0 heterocycles. The average molecular weight is 164 g/mol. The van der Waals surface area contributed by atoms with Gasteiger partial charge in [-0.15, -0.1) is 6.58 Å². The summed E-state index contributed by atoms with van der Waals surface area (Å²) in [5.74, 6) is 1.31. The first-order valence-electron chi connectivity index (χ1n) is 4.47. The highest BCUT2D eigenvalue weighted by Crippen LogP contribution is 2.31. The Balaban J connectivity index is 2.78. The minimum atomic E-state index is 0.278. The summed E-state index contributed by atoms with van der Waals surface area (Å²) < 4.78 is 0. The van der Waals surface area contributed by atoms with Gasteiger partial charge in [-0.2, -0.15) is 0 Å². The molecule has 0 bridgehead atoms. The van der Waals surface area contributed by atoms with E-state index in [-0.39, 0.29) is 5.78 Å². The number of hydrogen-bond donors (Lipinski definition) is 0. The zero-order chi connectivity index (χ0) is 9.14. The van der Waals surface area contributed by atoms with Crippen LogP contribution in [0.2, 0.25) is 0 Å². The molecule has 66 valence electrons. The van der Waals surface area contributed by atoms with Crippen LogP contribution in [-0.2, 0) is 4.79 Å². The lowest BCUT2D eigenvalue weighted by molar-refractivity contribution is -0.116. The first-order valence-corrected chi connectivity index (χ1v) is 4.47. The Bertz CT molecular complexity index is 225. The van der Waals surface area contributed by atoms with Crippen molar-refractivity contribution in [3.8, 4) is 0 Å². The minimum absolute atomic E-state index is 0.278. The van der Waals surface area contributed by atoms with Gasteiger partial charge in [0, 0.05) is 6.42 Å². The van der Waals surface area contributed by atoms with E-state index in [1.165, 1.54) is 5.57 Å². The average Bonchev–Trinajstić information content (AvgIpc) is 1.96. The highest BCUT2D eigenvalue weighted by Gasteiger charge is 2.24. The van der Waals surface area contributed by atoms with Crippen LogP contribution in [0.3, 0.4) is 0 Å². The zero-order valence-corrected chi connectivity index (χ0v) is 7.84. The molecule has 1 aliphatic carbocycles. The van der Waals surface area contributed by atoms with Gasteiger partial charge in [0.1, 0.15) is 0 Å². The monoisotopic (exact) mass is 164 g/mol. The lowest BCUT2D eigenvalue weighted by Crippen LogP contribution is -2.21. The van der Waals surface area contributed by atoms with Gasteiger partial charge in [-0.05, 0) is 31.3 Å². The van der Waals surface area contributed by atoms with Crippen molar-refractivity contribution in [2.24, 2.45) is 11.8 Å². The van der Waals surface area contributed by atoms with Crippen molar-refractivity contribution in [2.75, 3.05) is 0 Å². The summed E-state index contributed by atoms with van der Waals surface area (Å²) in [6.45, 7) is 7.92. The molecule has 1 nitrogen and oxygen atoms in total. The van der Waals surface area contributed by atoms with Gasteiger partial charge in [0.2, 0.25) is 0 Å². The smallest absolute Gasteiger partial charge is 0.155 e. The standard InChI is InChI=1S/C11H16O/c1-4-5-11-8(2)6-10(12)7-9(11)3/h4,6,9,11H,1,5,7H2,2-3H3. The summed E-state index contributed by atoms with van der Waals surface area (Å²) in [6, 6.07) is 0. The number of hydrogen-bond acceptors (Lipinski definition) is 1. The molecule has 1 rings (SSSR count). The summed E-state index contributed by atoms with van der Waals surface area (Å²) in [5.41, 5.74) is 1.22. The summed E-state index contributed by atoms with van der Waals surface area (Å²) in [5, 5.41) is 0. The Hall–Kier alpha value is -0.850. The van der Waals surface area contributed by atoms with Gasteiger partial charge in [0.25, 0.3) is 0 Å². The summed E-state index contributed by atoms with van der Waals surface area (Å²) in [7, 11) is 0. The quantitative estimate of drug-likeness (QED) is 0.573. The van der Waals surface area contributed by atoms with Crippen molar-refractivity contribution in [3.05, 3.63) is 24.3 Å². The fourth-order valence-corrected chi connectivity index (χ4v) is 1.93. The maximum Gasteiger partial charge on any atom is 0.155 e. The molecule has 0 fully saturated rings. The van der Waals surface area contributed by atoms with Crippen LogP contribution in [0.15, 0.2) is 24.3 Å². The molecule has 1 aliphatic rings. The molecule has 0 aliphatic heterocycles. The van der Waals surface area contributed by atoms with E-state index < -0.39 is 0 Å². The van der Waals surface area contributed by atoms with E-state index in [0.717, 1.165) is 6.42 Å². The van der Waals surface area contributed by atoms with Gasteiger partial charge in [-0.3, -0.25) is 4.79 Å². The predicted octanol–water partition coefficient (Wildman–Crippen LogP) is 2.73. The third-order valence-corrected chi connectivity index (χ3v) is 2.60. The van der Waals surface area contributed by atoms with E-state index in [2.05, 4.69) is 13.5 Å². The van der Waals surface area contributed by atoms with Crippen LogP contribution >= 0.6 is 0 Å². The second-order valence-corrected chi connectivity index (χ2v) is 3.67. The number of ketones is 1. The highest BCUT2D eigenvalue weighted by molar-refractivity contribution is 5.91. The molecule has 0 radical (unpaired) electrons. The van der Waals surface area contributed by atoms with E-state index in [9.17, 15) is 4.79 Å². The van der Waals surface area contributed by atoms with Crippen molar-refractivity contribution in [1.29, 1.82) is 0 Å². The fraction of sp³-hybridized carbons (Fsp3) is 0.545. The van der Waals surface area contributed by atoms with Crippen LogP contribution in [0.25, 0.3) is 0 Å². The van der Waals surface area contributed by atoms with Crippen LogP contribution in [0.4, 0.5) is 0 Å². The second kappa shape index (κ2) is 3.70. The number of carbonyl (C=O) groups excluding carboxylic acids is 1. The first-order chi connectivity index (χ1) is 5.65. The fourth-order valence-electron chi connectivity index (χ4n) is 1.93. The van der Waals surface area contributed by atoms with Gasteiger partial charge in [0.05, 0.1) is 0 Å². The van der Waals surface area contributed by atoms with E-state index in [4.69, 9.17) is 0 Å². The predicted molar refractivity (Wildman–Crippen MR) is 50.8 cm³/mol. The molecule has 0 saturated carbocycles. The van der Waals surface area contributed by atoms with Crippen LogP contribution in [-0.4, -0.2) is 5.78 Å². The molecule has 2 atom stereocenters. The third-order valence-electron chi connectivity index (χ3n) is 2.60. The van der Waals surface area contributed by atoms with Crippen LogP contribution in [0.1, 0.15) is 26.7 Å². The Morgan fingerprint density at radius 3 is 2.92 bits per heavy atom. The highest BCUT2D eigenvalue weighted by atomic mass is 16.1. The topological polar surface area (TPSA) is 17.1 Å². The third kappa shape index (κ3) is 1.84. The number of rotatable bonds is 2. The Kier molecular flexibility index (Phi) is 2.85. The molecule has 2 unspecified atom stereocenters. The lowest BCUT2D eigenvalue weighted by atomic mass is 9.78. The number of carbonyl (C=O) groups is 1. The Labute approximate surface area is 74.2 Å². The minimum Gasteiger partial charge on any atom is -0.295 e. The van der Waals surface area contributed by atoms with Crippen LogP contribution in [0.5, 0.6) is 0 Å². The van der Waals surface area contributed by atoms with E-state index in [1.54, 1.807) is 6.08 Å². The molecule has 0 aromatic carbocycles. The van der Waals surface area contributed by atoms with Gasteiger partial charge < -0.3 is 0 Å². The summed E-state index contributed by atoms with van der Waals surface area (Å²) in [6.07, 6.45) is 5.43. The molecule has 0 aromatic rings. The number of allylic oxidation sites excluding steroid dienone is 3. The maximum atomic E-state index is 11.1. The lowest BCUT2D eigenvalue weighted by Gasteiger charge is -2.26. The van der Waals surface area contributed by atoms with Gasteiger partial charge in [-0.1, -0.05) is 18.6 Å². The largest absolute Gasteiger partial charge is 0.295 e. The van der Waals surface area contributed by atoms with Crippen molar-refractivity contribution in [3.63, 3.8) is 0 Å². The van der Waals surface area contributed by atoms with Crippen molar-refractivity contribution in [2.45, 2.75) is 26.7 Å². The SMILES string of the molecule is C=CCC1C(C)=CC(=O)CC1C. The second-order valence-electron chi connectivity index (χ2n) is 3.67. The molecule has 12 heavy (non-hydrogen) atoms. The molecular weight excluding hydrogens is 148 g/mol. The molecule has 0 saturated heterocycles. The Morgan fingerprint density at radius 2 is 2.42 bits per heavy atom. The summed E-state index contributed by atoms with van der Waals surface area (Å²) >= 11 is 0. The molecule has 0 spiro atoms. The van der Waals surface area contributed by atoms with Gasteiger partial charge >= 0.3 is 0 Å². The van der Waals surface area contributed by atoms with E-state index in [1.807, 2.05) is 13.0 Å². The van der Waals surface area contributed by atoms with E-state index >= 15 is 0 Å². The van der Waals surface area contributed by atoms with Crippen molar-refractivity contribution >= 4 is 5.78 Å². The Morgan fingerprint density at radius 1 is 1.75 bits per heavy atom. The molecule has 1 heteroatoms. The first kappa shape index (κ1) is 9.24. The van der Waals surface area contributed by atoms with Gasteiger partial charge in [-0.25, -0.2) is 0 Å². The van der Waals surface area contributed by atoms with Crippen molar-refractivity contribution < 1.29 is 4.79 Å². The molecular formula is C11H16O. The van der Waals surface area contributed by atoms with Crippen molar-refractivity contribution in [1.82, 2.24) is 0 Å². The summed E-state index contributed by atoms with van der Waals surface area (Å²) in [4.78, 5) is 11.1. The van der Waals surface area contributed by atoms with Crippen LogP contribution in [0, 0.1) is 11.8 Å².